The minimum absolute atomic E-state index is 0.0266. The SMILES string of the molecule is COc1ccc(-c2noc(CN3CCC(C(=O)NCc4ccco4)CC3)n2)cc1. The first-order valence-electron chi connectivity index (χ1n) is 9.71. The minimum atomic E-state index is 0.0266. The maximum Gasteiger partial charge on any atom is 0.241 e. The van der Waals surface area contributed by atoms with E-state index in [1.165, 1.54) is 0 Å². The Bertz CT molecular complexity index is 913. The van der Waals surface area contributed by atoms with Crippen LogP contribution in [0.2, 0.25) is 0 Å². The maximum atomic E-state index is 12.3. The summed E-state index contributed by atoms with van der Waals surface area (Å²) in [4.78, 5) is 19.1. The number of nitrogens with zero attached hydrogens (tertiary/aromatic N) is 3. The molecular formula is C21H24N4O4. The molecule has 0 spiro atoms. The normalized spacial score (nSPS) is 15.3. The number of nitrogens with one attached hydrogen (secondary N) is 1. The van der Waals surface area contributed by atoms with Crippen LogP contribution in [-0.2, 0) is 17.9 Å². The Morgan fingerprint density at radius 2 is 2.03 bits per heavy atom. The first-order chi connectivity index (χ1) is 14.2. The molecular weight excluding hydrogens is 372 g/mol. The van der Waals surface area contributed by atoms with Gasteiger partial charge in [-0.25, -0.2) is 0 Å². The molecule has 29 heavy (non-hydrogen) atoms. The zero-order valence-electron chi connectivity index (χ0n) is 16.3. The predicted molar refractivity (Wildman–Crippen MR) is 105 cm³/mol. The lowest BCUT2D eigenvalue weighted by Crippen LogP contribution is -2.40. The molecule has 0 bridgehead atoms. The van der Waals surface area contributed by atoms with Gasteiger partial charge in [0.05, 0.1) is 26.5 Å². The van der Waals surface area contributed by atoms with Crippen molar-refractivity contribution in [1.82, 2.24) is 20.4 Å². The summed E-state index contributed by atoms with van der Waals surface area (Å²) in [7, 11) is 1.63. The van der Waals surface area contributed by atoms with Gasteiger partial charge in [0, 0.05) is 11.5 Å². The van der Waals surface area contributed by atoms with Gasteiger partial charge in [0.1, 0.15) is 11.5 Å². The lowest BCUT2D eigenvalue weighted by atomic mass is 9.96. The molecule has 1 saturated heterocycles. The molecule has 1 N–H and O–H groups in total. The summed E-state index contributed by atoms with van der Waals surface area (Å²) in [6.07, 6.45) is 3.23. The lowest BCUT2D eigenvalue weighted by Gasteiger charge is -2.30. The van der Waals surface area contributed by atoms with Crippen molar-refractivity contribution in [2.45, 2.75) is 25.9 Å². The summed E-state index contributed by atoms with van der Waals surface area (Å²) >= 11 is 0. The highest BCUT2D eigenvalue weighted by atomic mass is 16.5. The fraction of sp³-hybridized carbons (Fsp3) is 0.381. The van der Waals surface area contributed by atoms with Gasteiger partial charge in [-0.1, -0.05) is 5.16 Å². The van der Waals surface area contributed by atoms with Crippen LogP contribution in [0.5, 0.6) is 5.75 Å². The largest absolute Gasteiger partial charge is 0.497 e. The highest BCUT2D eigenvalue weighted by molar-refractivity contribution is 5.78. The van der Waals surface area contributed by atoms with E-state index < -0.39 is 0 Å². The molecule has 3 aromatic rings. The smallest absolute Gasteiger partial charge is 0.241 e. The van der Waals surface area contributed by atoms with Crippen molar-refractivity contribution in [3.63, 3.8) is 0 Å². The number of hydrogen-bond donors (Lipinski definition) is 1. The standard InChI is InChI=1S/C21H24N4O4/c1-27-17-6-4-15(5-7-17)20-23-19(29-24-20)14-25-10-8-16(9-11-25)21(26)22-13-18-3-2-12-28-18/h2-7,12,16H,8-11,13-14H2,1H3,(H,22,26). The van der Waals surface area contributed by atoms with E-state index in [-0.39, 0.29) is 11.8 Å². The van der Waals surface area contributed by atoms with Crippen LogP contribution in [0.15, 0.2) is 51.6 Å². The second kappa shape index (κ2) is 8.91. The van der Waals surface area contributed by atoms with Gasteiger partial charge in [-0.2, -0.15) is 4.98 Å². The van der Waals surface area contributed by atoms with E-state index in [0.717, 1.165) is 43.0 Å². The van der Waals surface area contributed by atoms with Crippen LogP contribution in [0.3, 0.4) is 0 Å². The summed E-state index contributed by atoms with van der Waals surface area (Å²) in [6.45, 7) is 2.66. The summed E-state index contributed by atoms with van der Waals surface area (Å²) in [6, 6.07) is 11.2. The fourth-order valence-electron chi connectivity index (χ4n) is 3.45. The molecule has 8 nitrogen and oxygen atoms in total. The number of piperidine rings is 1. The van der Waals surface area contributed by atoms with Crippen molar-refractivity contribution in [2.75, 3.05) is 20.2 Å². The number of carbonyl (C=O) groups is 1. The number of aromatic nitrogens is 2. The van der Waals surface area contributed by atoms with Crippen molar-refractivity contribution < 1.29 is 18.5 Å². The third-order valence-corrected chi connectivity index (χ3v) is 5.15. The van der Waals surface area contributed by atoms with E-state index in [2.05, 4.69) is 20.4 Å². The van der Waals surface area contributed by atoms with E-state index in [1.54, 1.807) is 13.4 Å². The predicted octanol–water partition coefficient (Wildman–Crippen LogP) is 2.87. The summed E-state index contributed by atoms with van der Waals surface area (Å²) in [5.41, 5.74) is 0.882. The number of hydrogen-bond acceptors (Lipinski definition) is 7. The Hall–Kier alpha value is -3.13. The number of furan rings is 1. The molecule has 0 unspecified atom stereocenters. The molecule has 0 atom stereocenters. The molecule has 1 aliphatic rings. The molecule has 1 fully saturated rings. The van der Waals surface area contributed by atoms with Gasteiger partial charge in [-0.05, 0) is 62.3 Å². The third kappa shape index (κ3) is 4.83. The second-order valence-corrected chi connectivity index (χ2v) is 7.09. The van der Waals surface area contributed by atoms with Crippen molar-refractivity contribution in [1.29, 1.82) is 0 Å². The van der Waals surface area contributed by atoms with Crippen LogP contribution in [0.25, 0.3) is 11.4 Å². The van der Waals surface area contributed by atoms with Crippen molar-refractivity contribution in [3.8, 4) is 17.1 Å². The van der Waals surface area contributed by atoms with Crippen LogP contribution >= 0.6 is 0 Å². The van der Waals surface area contributed by atoms with E-state index in [9.17, 15) is 4.79 Å². The molecule has 3 heterocycles. The van der Waals surface area contributed by atoms with E-state index in [4.69, 9.17) is 13.7 Å². The Morgan fingerprint density at radius 1 is 1.24 bits per heavy atom. The molecule has 4 rings (SSSR count). The first kappa shape index (κ1) is 19.2. The van der Waals surface area contributed by atoms with E-state index >= 15 is 0 Å². The highest BCUT2D eigenvalue weighted by Crippen LogP contribution is 2.22. The van der Waals surface area contributed by atoms with E-state index in [0.29, 0.717) is 24.8 Å². The molecule has 1 amide bonds. The quantitative estimate of drug-likeness (QED) is 0.656. The van der Waals surface area contributed by atoms with Crippen molar-refractivity contribution in [3.05, 3.63) is 54.3 Å². The van der Waals surface area contributed by atoms with Gasteiger partial charge in [0.15, 0.2) is 0 Å². The molecule has 1 aromatic carbocycles. The average molecular weight is 396 g/mol. The molecule has 0 radical (unpaired) electrons. The first-order valence-corrected chi connectivity index (χ1v) is 9.71. The number of likely N-dealkylation sites (tertiary alicyclic amines) is 1. The topological polar surface area (TPSA) is 93.6 Å². The van der Waals surface area contributed by atoms with Crippen molar-refractivity contribution >= 4 is 5.91 Å². The highest BCUT2D eigenvalue weighted by Gasteiger charge is 2.26. The molecule has 2 aromatic heterocycles. The summed E-state index contributed by atoms with van der Waals surface area (Å²) < 4.78 is 15.8. The number of amides is 1. The lowest BCUT2D eigenvalue weighted by molar-refractivity contribution is -0.126. The Morgan fingerprint density at radius 3 is 2.72 bits per heavy atom. The number of benzene rings is 1. The van der Waals surface area contributed by atoms with Gasteiger partial charge in [-0.3, -0.25) is 9.69 Å². The number of methoxy groups -OCH3 is 1. The van der Waals surface area contributed by atoms with Crippen molar-refractivity contribution in [2.24, 2.45) is 5.92 Å². The van der Waals surface area contributed by atoms with Gasteiger partial charge in [0.25, 0.3) is 0 Å². The minimum Gasteiger partial charge on any atom is -0.497 e. The van der Waals surface area contributed by atoms with Gasteiger partial charge >= 0.3 is 0 Å². The zero-order chi connectivity index (χ0) is 20.1. The van der Waals surface area contributed by atoms with Gasteiger partial charge < -0.3 is 19.0 Å². The molecule has 152 valence electrons. The number of carbonyl (C=O) groups excluding carboxylic acids is 1. The van der Waals surface area contributed by atoms with Crippen LogP contribution in [-0.4, -0.2) is 41.1 Å². The fourth-order valence-corrected chi connectivity index (χ4v) is 3.45. The zero-order valence-corrected chi connectivity index (χ0v) is 16.3. The number of rotatable bonds is 7. The van der Waals surface area contributed by atoms with Gasteiger partial charge in [0.2, 0.25) is 17.6 Å². The summed E-state index contributed by atoms with van der Waals surface area (Å²) in [5.74, 6) is 2.80. The van der Waals surface area contributed by atoms with E-state index in [1.807, 2.05) is 36.4 Å². The maximum absolute atomic E-state index is 12.3. The monoisotopic (exact) mass is 396 g/mol. The van der Waals surface area contributed by atoms with Crippen LogP contribution in [0.4, 0.5) is 0 Å². The molecule has 8 heteroatoms. The molecule has 0 aliphatic carbocycles. The average Bonchev–Trinajstić information content (AvgIpc) is 3.45. The van der Waals surface area contributed by atoms with Gasteiger partial charge in [-0.15, -0.1) is 0 Å². The Kier molecular flexibility index (Phi) is 5.90. The third-order valence-electron chi connectivity index (χ3n) is 5.15. The van der Waals surface area contributed by atoms with Crippen LogP contribution < -0.4 is 10.1 Å². The summed E-state index contributed by atoms with van der Waals surface area (Å²) in [5, 5.41) is 7.02. The molecule has 1 aliphatic heterocycles. The number of ether oxygens (including phenoxy) is 1. The Balaban J connectivity index is 1.25. The second-order valence-electron chi connectivity index (χ2n) is 7.09. The van der Waals surface area contributed by atoms with Crippen LogP contribution in [0.1, 0.15) is 24.5 Å². The Labute approximate surface area is 168 Å². The molecule has 0 saturated carbocycles. The van der Waals surface area contributed by atoms with Crippen LogP contribution in [0, 0.1) is 5.92 Å².